The minimum absolute atomic E-state index is 0.322. The molecule has 14 heavy (non-hydrogen) atoms. The number of nitrogens with zero attached hydrogens (tertiary/aromatic N) is 1. The monoisotopic (exact) mass is 196 g/mol. The van der Waals surface area contributed by atoms with Crippen LogP contribution in [0.4, 0.5) is 0 Å². The first-order valence-corrected chi connectivity index (χ1v) is 4.32. The number of carbonyl (C=O) groups is 1. The third-order valence-electron chi connectivity index (χ3n) is 1.68. The minimum Gasteiger partial charge on any atom is -0.477 e. The summed E-state index contributed by atoms with van der Waals surface area (Å²) in [6.07, 6.45) is 1.73. The third kappa shape index (κ3) is 2.42. The number of aromatic nitrogens is 2. The minimum atomic E-state index is -1.25. The molecule has 0 atom stereocenters. The van der Waals surface area contributed by atoms with E-state index in [0.717, 1.165) is 6.20 Å². The van der Waals surface area contributed by atoms with Gasteiger partial charge in [-0.05, 0) is 5.92 Å². The number of carboxylic acid groups (broad SMARTS) is 1. The van der Waals surface area contributed by atoms with Gasteiger partial charge in [-0.1, -0.05) is 13.8 Å². The third-order valence-corrected chi connectivity index (χ3v) is 1.68. The smallest absolute Gasteiger partial charge is 0.342 e. The Kier molecular flexibility index (Phi) is 3.01. The molecule has 0 aliphatic rings. The van der Waals surface area contributed by atoms with Crippen molar-refractivity contribution in [3.05, 3.63) is 27.9 Å². The second-order valence-electron chi connectivity index (χ2n) is 3.48. The lowest BCUT2D eigenvalue weighted by Gasteiger charge is -2.03. The van der Waals surface area contributed by atoms with Crippen LogP contribution < -0.4 is 5.56 Å². The highest BCUT2D eigenvalue weighted by atomic mass is 16.4. The van der Waals surface area contributed by atoms with Gasteiger partial charge in [0.1, 0.15) is 11.4 Å². The average molecular weight is 196 g/mol. The van der Waals surface area contributed by atoms with Gasteiger partial charge in [-0.15, -0.1) is 0 Å². The lowest BCUT2D eigenvalue weighted by atomic mass is 10.1. The standard InChI is InChI=1S/C9H12N2O3/c1-5(2)3-7-10-4-6(9(13)14)8(12)11-7/h4-5H,3H2,1-2H3,(H,13,14)(H,10,11,12). The molecule has 0 fully saturated rings. The molecule has 76 valence electrons. The Labute approximate surface area is 80.8 Å². The molecule has 0 aliphatic carbocycles. The fourth-order valence-electron chi connectivity index (χ4n) is 1.07. The number of rotatable bonds is 3. The average Bonchev–Trinajstić information content (AvgIpc) is 2.01. The van der Waals surface area contributed by atoms with Gasteiger partial charge >= 0.3 is 5.97 Å². The molecule has 1 heterocycles. The maximum Gasteiger partial charge on any atom is 0.342 e. The van der Waals surface area contributed by atoms with Gasteiger partial charge in [0.25, 0.3) is 5.56 Å². The molecule has 0 saturated carbocycles. The van der Waals surface area contributed by atoms with Crippen LogP contribution in [0.25, 0.3) is 0 Å². The Hall–Kier alpha value is -1.65. The van der Waals surface area contributed by atoms with Gasteiger partial charge in [0.05, 0.1) is 0 Å². The molecular formula is C9H12N2O3. The van der Waals surface area contributed by atoms with Gasteiger partial charge in [0, 0.05) is 12.6 Å². The first-order chi connectivity index (χ1) is 6.50. The summed E-state index contributed by atoms with van der Waals surface area (Å²) in [5, 5.41) is 8.58. The molecule has 5 nitrogen and oxygen atoms in total. The van der Waals surface area contributed by atoms with E-state index < -0.39 is 11.5 Å². The number of carboxylic acids is 1. The molecule has 0 aromatic carbocycles. The van der Waals surface area contributed by atoms with Crippen molar-refractivity contribution >= 4 is 5.97 Å². The topological polar surface area (TPSA) is 83.0 Å². The Bertz CT molecular complexity index is 395. The predicted molar refractivity (Wildman–Crippen MR) is 50.4 cm³/mol. The largest absolute Gasteiger partial charge is 0.477 e. The number of aromatic amines is 1. The van der Waals surface area contributed by atoms with E-state index in [0.29, 0.717) is 18.2 Å². The second-order valence-corrected chi connectivity index (χ2v) is 3.48. The molecule has 0 spiro atoms. The van der Waals surface area contributed by atoms with Crippen LogP contribution in [0.1, 0.15) is 30.0 Å². The summed E-state index contributed by atoms with van der Waals surface area (Å²) in [4.78, 5) is 28.0. The highest BCUT2D eigenvalue weighted by molar-refractivity contribution is 5.86. The van der Waals surface area contributed by atoms with E-state index in [-0.39, 0.29) is 5.56 Å². The fraction of sp³-hybridized carbons (Fsp3) is 0.444. The van der Waals surface area contributed by atoms with Crippen LogP contribution >= 0.6 is 0 Å². The summed E-state index contributed by atoms with van der Waals surface area (Å²) in [5.41, 5.74) is -0.916. The summed E-state index contributed by atoms with van der Waals surface area (Å²) in [6, 6.07) is 0. The first-order valence-electron chi connectivity index (χ1n) is 4.32. The Balaban J connectivity index is 3.01. The van der Waals surface area contributed by atoms with Crippen LogP contribution in [0.15, 0.2) is 11.0 Å². The van der Waals surface area contributed by atoms with E-state index in [1.807, 2.05) is 13.8 Å². The molecule has 1 aromatic heterocycles. The van der Waals surface area contributed by atoms with Gasteiger partial charge < -0.3 is 10.1 Å². The van der Waals surface area contributed by atoms with Crippen molar-refractivity contribution in [1.29, 1.82) is 0 Å². The van der Waals surface area contributed by atoms with Crippen molar-refractivity contribution < 1.29 is 9.90 Å². The highest BCUT2D eigenvalue weighted by Gasteiger charge is 2.09. The Morgan fingerprint density at radius 2 is 2.29 bits per heavy atom. The Morgan fingerprint density at radius 1 is 1.64 bits per heavy atom. The van der Waals surface area contributed by atoms with Crippen LogP contribution in [-0.4, -0.2) is 21.0 Å². The van der Waals surface area contributed by atoms with Gasteiger partial charge in [-0.2, -0.15) is 0 Å². The van der Waals surface area contributed by atoms with Gasteiger partial charge in [-0.25, -0.2) is 9.78 Å². The molecule has 0 radical (unpaired) electrons. The van der Waals surface area contributed by atoms with Crippen molar-refractivity contribution in [2.24, 2.45) is 5.92 Å². The summed E-state index contributed by atoms with van der Waals surface area (Å²) in [5.74, 6) is -0.362. The molecule has 0 bridgehead atoms. The van der Waals surface area contributed by atoms with Gasteiger partial charge in [0.15, 0.2) is 0 Å². The fourth-order valence-corrected chi connectivity index (χ4v) is 1.07. The van der Waals surface area contributed by atoms with Crippen LogP contribution in [0.5, 0.6) is 0 Å². The zero-order valence-corrected chi connectivity index (χ0v) is 8.07. The van der Waals surface area contributed by atoms with E-state index in [4.69, 9.17) is 5.11 Å². The van der Waals surface area contributed by atoms with Crippen LogP contribution in [-0.2, 0) is 6.42 Å². The maximum absolute atomic E-state index is 11.2. The summed E-state index contributed by atoms with van der Waals surface area (Å²) in [7, 11) is 0. The van der Waals surface area contributed by atoms with E-state index in [1.54, 1.807) is 0 Å². The Morgan fingerprint density at radius 3 is 2.71 bits per heavy atom. The highest BCUT2D eigenvalue weighted by Crippen LogP contribution is 2.00. The number of hydrogen-bond acceptors (Lipinski definition) is 3. The number of H-pyrrole nitrogens is 1. The molecule has 0 aliphatic heterocycles. The molecule has 5 heteroatoms. The molecule has 1 aromatic rings. The summed E-state index contributed by atoms with van der Waals surface area (Å²) in [6.45, 7) is 3.98. The number of aromatic carboxylic acids is 1. The zero-order chi connectivity index (χ0) is 10.7. The van der Waals surface area contributed by atoms with Crippen molar-refractivity contribution in [2.75, 3.05) is 0 Å². The second kappa shape index (κ2) is 4.04. The zero-order valence-electron chi connectivity index (χ0n) is 8.07. The van der Waals surface area contributed by atoms with E-state index in [9.17, 15) is 9.59 Å². The van der Waals surface area contributed by atoms with Crippen LogP contribution in [0.3, 0.4) is 0 Å². The van der Waals surface area contributed by atoms with Gasteiger partial charge in [0.2, 0.25) is 0 Å². The van der Waals surface area contributed by atoms with E-state index >= 15 is 0 Å². The van der Waals surface area contributed by atoms with E-state index in [1.165, 1.54) is 0 Å². The summed E-state index contributed by atoms with van der Waals surface area (Å²) >= 11 is 0. The van der Waals surface area contributed by atoms with Crippen molar-refractivity contribution in [2.45, 2.75) is 20.3 Å². The quantitative estimate of drug-likeness (QED) is 0.744. The lowest BCUT2D eigenvalue weighted by molar-refractivity contribution is 0.0694. The van der Waals surface area contributed by atoms with Gasteiger partial charge in [-0.3, -0.25) is 4.79 Å². The van der Waals surface area contributed by atoms with Crippen LogP contribution in [0.2, 0.25) is 0 Å². The number of hydrogen-bond donors (Lipinski definition) is 2. The molecule has 0 amide bonds. The molecule has 2 N–H and O–H groups in total. The van der Waals surface area contributed by atoms with Crippen molar-refractivity contribution in [3.8, 4) is 0 Å². The molecule has 1 rings (SSSR count). The maximum atomic E-state index is 11.2. The first kappa shape index (κ1) is 10.4. The number of nitrogens with one attached hydrogen (secondary N) is 1. The SMILES string of the molecule is CC(C)Cc1ncc(C(=O)O)c(=O)[nH]1. The molecule has 0 unspecified atom stereocenters. The molecular weight excluding hydrogens is 184 g/mol. The summed E-state index contributed by atoms with van der Waals surface area (Å²) < 4.78 is 0. The molecule has 0 saturated heterocycles. The van der Waals surface area contributed by atoms with Crippen molar-refractivity contribution in [3.63, 3.8) is 0 Å². The van der Waals surface area contributed by atoms with E-state index in [2.05, 4.69) is 9.97 Å². The normalized spacial score (nSPS) is 10.5. The van der Waals surface area contributed by atoms with Crippen molar-refractivity contribution in [1.82, 2.24) is 9.97 Å². The van der Waals surface area contributed by atoms with Crippen LogP contribution in [0, 0.1) is 5.92 Å². The lowest BCUT2D eigenvalue weighted by Crippen LogP contribution is -2.20. The predicted octanol–water partition coefficient (Wildman–Crippen LogP) is 0.667.